The number of nitrogens with one attached hydrogen (secondary N) is 4. The molecule has 0 spiro atoms. The molecule has 0 aromatic heterocycles. The minimum Gasteiger partial charge on any atom is -0.347 e. The van der Waals surface area contributed by atoms with Gasteiger partial charge in [-0.1, -0.05) is 53.4 Å². The highest BCUT2D eigenvalue weighted by atomic mass is 32.2. The van der Waals surface area contributed by atoms with Crippen molar-refractivity contribution < 1.29 is 32.4 Å². The molecular weight excluding hydrogens is 562 g/mol. The Balaban J connectivity index is 1.72. The summed E-state index contributed by atoms with van der Waals surface area (Å²) in [5.41, 5.74) is -1.62. The second-order valence-corrected chi connectivity index (χ2v) is 15.6. The van der Waals surface area contributed by atoms with Crippen LogP contribution in [0.4, 0.5) is 4.79 Å². The fraction of sp³-hybridized carbons (Fsp3) is 0.828. The SMILES string of the molecule is CCC[C@H](NC(=O)[C@@H]1CCCN1C(=O)[C@@H](NC(=O)NC1(CS(C)(=O)=O)CCCCC1)C(C)(C)C)C(=O)C(=O)NC1CC1. The van der Waals surface area contributed by atoms with Crippen molar-refractivity contribution in [3.05, 3.63) is 0 Å². The molecule has 3 atom stereocenters. The van der Waals surface area contributed by atoms with Crippen LogP contribution in [0.3, 0.4) is 0 Å². The smallest absolute Gasteiger partial charge is 0.315 e. The number of rotatable bonds is 12. The van der Waals surface area contributed by atoms with Gasteiger partial charge < -0.3 is 26.2 Å². The van der Waals surface area contributed by atoms with Crippen LogP contribution in [0, 0.1) is 5.41 Å². The van der Waals surface area contributed by atoms with Crippen molar-refractivity contribution in [3.63, 3.8) is 0 Å². The third-order valence-corrected chi connectivity index (χ3v) is 9.38. The number of hydrogen-bond acceptors (Lipinski definition) is 7. The summed E-state index contributed by atoms with van der Waals surface area (Å²) in [6.45, 7) is 7.58. The van der Waals surface area contributed by atoms with Gasteiger partial charge in [0, 0.05) is 18.8 Å². The number of carbonyl (C=O) groups excluding carboxylic acids is 5. The van der Waals surface area contributed by atoms with E-state index in [4.69, 9.17) is 0 Å². The molecule has 0 bridgehead atoms. The van der Waals surface area contributed by atoms with E-state index >= 15 is 0 Å². The monoisotopic (exact) mass is 611 g/mol. The number of carbonyl (C=O) groups is 5. The minimum absolute atomic E-state index is 0.0146. The van der Waals surface area contributed by atoms with Gasteiger partial charge in [-0.3, -0.25) is 19.2 Å². The molecule has 2 aliphatic carbocycles. The lowest BCUT2D eigenvalue weighted by Gasteiger charge is -2.39. The number of nitrogens with zero attached hydrogens (tertiary/aromatic N) is 1. The summed E-state index contributed by atoms with van der Waals surface area (Å²) >= 11 is 0. The van der Waals surface area contributed by atoms with Crippen molar-refractivity contribution >= 4 is 39.4 Å². The molecule has 3 rings (SSSR count). The summed E-state index contributed by atoms with van der Waals surface area (Å²) in [7, 11) is -3.37. The predicted octanol–water partition coefficient (Wildman–Crippen LogP) is 1.57. The van der Waals surface area contributed by atoms with E-state index < -0.39 is 68.5 Å². The Hall–Kier alpha value is -2.70. The zero-order valence-electron chi connectivity index (χ0n) is 25.7. The van der Waals surface area contributed by atoms with E-state index in [1.165, 1.54) is 4.90 Å². The van der Waals surface area contributed by atoms with Crippen molar-refractivity contribution in [2.75, 3.05) is 18.6 Å². The first kappa shape index (κ1) is 33.8. The Bertz CT molecular complexity index is 1140. The molecule has 0 unspecified atom stereocenters. The van der Waals surface area contributed by atoms with Gasteiger partial charge in [-0.05, 0) is 50.4 Å². The maximum absolute atomic E-state index is 13.9. The molecule has 1 saturated heterocycles. The largest absolute Gasteiger partial charge is 0.347 e. The highest BCUT2D eigenvalue weighted by Crippen LogP contribution is 2.30. The molecular formula is C29H49N5O7S. The molecule has 0 radical (unpaired) electrons. The number of Topliss-reactive ketones (excluding diaryl/α,β-unsaturated/α-hetero) is 1. The summed E-state index contributed by atoms with van der Waals surface area (Å²) in [5.74, 6) is -2.50. The quantitative estimate of drug-likeness (QED) is 0.243. The second kappa shape index (κ2) is 13.7. The van der Waals surface area contributed by atoms with Crippen molar-refractivity contribution in [3.8, 4) is 0 Å². The summed E-state index contributed by atoms with van der Waals surface area (Å²) in [6.07, 6.45) is 8.28. The Morgan fingerprint density at radius 3 is 2.14 bits per heavy atom. The topological polar surface area (TPSA) is 171 Å². The zero-order chi connectivity index (χ0) is 31.3. The normalized spacial score (nSPS) is 22.0. The molecule has 238 valence electrons. The Kier molecular flexibility index (Phi) is 11.0. The molecule has 0 aromatic carbocycles. The van der Waals surface area contributed by atoms with E-state index in [9.17, 15) is 32.4 Å². The number of likely N-dealkylation sites (tertiary alicyclic amines) is 1. The number of sulfone groups is 1. The van der Waals surface area contributed by atoms with Gasteiger partial charge in [0.2, 0.25) is 17.6 Å². The highest BCUT2D eigenvalue weighted by molar-refractivity contribution is 7.90. The van der Waals surface area contributed by atoms with Crippen LogP contribution in [0.5, 0.6) is 0 Å². The fourth-order valence-corrected chi connectivity index (χ4v) is 7.39. The molecule has 13 heteroatoms. The Labute approximate surface area is 249 Å². The summed E-state index contributed by atoms with van der Waals surface area (Å²) < 4.78 is 24.4. The van der Waals surface area contributed by atoms with Crippen LogP contribution in [0.2, 0.25) is 0 Å². The molecule has 12 nitrogen and oxygen atoms in total. The first-order chi connectivity index (χ1) is 19.5. The van der Waals surface area contributed by atoms with Crippen LogP contribution >= 0.6 is 0 Å². The van der Waals surface area contributed by atoms with Crippen LogP contribution in [0.25, 0.3) is 0 Å². The van der Waals surface area contributed by atoms with Crippen LogP contribution in [0.1, 0.15) is 98.3 Å². The number of amides is 5. The summed E-state index contributed by atoms with van der Waals surface area (Å²) in [4.78, 5) is 67.2. The van der Waals surface area contributed by atoms with Gasteiger partial charge >= 0.3 is 6.03 Å². The van der Waals surface area contributed by atoms with Crippen molar-refractivity contribution in [1.29, 1.82) is 0 Å². The third-order valence-electron chi connectivity index (χ3n) is 8.30. The molecule has 1 aliphatic heterocycles. The third kappa shape index (κ3) is 9.40. The fourth-order valence-electron chi connectivity index (χ4n) is 6.03. The van der Waals surface area contributed by atoms with Crippen molar-refractivity contribution in [2.24, 2.45) is 5.41 Å². The van der Waals surface area contributed by atoms with Gasteiger partial charge in [0.15, 0.2) is 0 Å². The van der Waals surface area contributed by atoms with E-state index in [-0.39, 0.29) is 11.8 Å². The first-order valence-corrected chi connectivity index (χ1v) is 17.3. The number of urea groups is 1. The van der Waals surface area contributed by atoms with Crippen LogP contribution < -0.4 is 21.3 Å². The first-order valence-electron chi connectivity index (χ1n) is 15.3. The van der Waals surface area contributed by atoms with Gasteiger partial charge in [0.05, 0.1) is 17.3 Å². The lowest BCUT2D eigenvalue weighted by atomic mass is 9.83. The maximum atomic E-state index is 13.9. The van der Waals surface area contributed by atoms with E-state index in [1.807, 2.05) is 27.7 Å². The molecule has 4 N–H and O–H groups in total. The van der Waals surface area contributed by atoms with Crippen LogP contribution in [0.15, 0.2) is 0 Å². The summed E-state index contributed by atoms with van der Waals surface area (Å²) in [5, 5.41) is 11.1. The Morgan fingerprint density at radius 1 is 0.952 bits per heavy atom. The number of ketones is 1. The van der Waals surface area contributed by atoms with Gasteiger partial charge in [-0.25, -0.2) is 13.2 Å². The van der Waals surface area contributed by atoms with Gasteiger partial charge in [-0.2, -0.15) is 0 Å². The highest BCUT2D eigenvalue weighted by Gasteiger charge is 2.44. The van der Waals surface area contributed by atoms with Crippen LogP contribution in [-0.4, -0.2) is 91.1 Å². The zero-order valence-corrected chi connectivity index (χ0v) is 26.5. The minimum atomic E-state index is -3.37. The Morgan fingerprint density at radius 2 is 1.60 bits per heavy atom. The van der Waals surface area contributed by atoms with Gasteiger partial charge in [0.1, 0.15) is 21.9 Å². The average molecular weight is 612 g/mol. The van der Waals surface area contributed by atoms with Crippen molar-refractivity contribution in [1.82, 2.24) is 26.2 Å². The number of hydrogen-bond donors (Lipinski definition) is 4. The molecule has 5 amide bonds. The van der Waals surface area contributed by atoms with E-state index in [0.29, 0.717) is 45.1 Å². The maximum Gasteiger partial charge on any atom is 0.315 e. The molecule has 0 aromatic rings. The van der Waals surface area contributed by atoms with Crippen LogP contribution in [-0.2, 0) is 29.0 Å². The lowest BCUT2D eigenvalue weighted by molar-refractivity contribution is -0.143. The van der Waals surface area contributed by atoms with Gasteiger partial charge in [-0.15, -0.1) is 0 Å². The van der Waals surface area contributed by atoms with Crippen molar-refractivity contribution in [2.45, 2.75) is 128 Å². The van der Waals surface area contributed by atoms with E-state index in [0.717, 1.165) is 38.4 Å². The van der Waals surface area contributed by atoms with Gasteiger partial charge in [0.25, 0.3) is 5.91 Å². The lowest BCUT2D eigenvalue weighted by Crippen LogP contribution is -2.63. The molecule has 42 heavy (non-hydrogen) atoms. The molecule has 1 heterocycles. The van der Waals surface area contributed by atoms with E-state index in [2.05, 4.69) is 21.3 Å². The average Bonchev–Trinajstić information content (AvgIpc) is 3.55. The summed E-state index contributed by atoms with van der Waals surface area (Å²) in [6, 6.07) is -3.43. The standard InChI is InChI=1S/C29H49N5O7S/c1-6-11-20(22(35)25(37)30-19-13-14-19)31-24(36)21-12-10-17-34(21)26(38)23(28(2,3)4)32-27(39)33-29(18-42(5,40)41)15-8-7-9-16-29/h19-21,23H,6-18H2,1-5H3,(H,30,37)(H,31,36)(H2,32,33,39)/t20-,21-,23+/m0/s1. The predicted molar refractivity (Wildman–Crippen MR) is 158 cm³/mol. The molecule has 3 fully saturated rings. The molecule has 3 aliphatic rings. The van der Waals surface area contributed by atoms with E-state index in [1.54, 1.807) is 0 Å². The molecule has 2 saturated carbocycles. The second-order valence-electron chi connectivity index (χ2n) is 13.5.